The quantitative estimate of drug-likeness (QED) is 0.614. The van der Waals surface area contributed by atoms with Gasteiger partial charge in [-0.15, -0.1) is 0 Å². The Morgan fingerprint density at radius 3 is 3.00 bits per heavy atom. The van der Waals surface area contributed by atoms with Crippen molar-refractivity contribution in [2.75, 3.05) is 6.61 Å². The van der Waals surface area contributed by atoms with Crippen LogP contribution in [0.3, 0.4) is 0 Å². The second kappa shape index (κ2) is 3.80. The lowest BCUT2D eigenvalue weighted by molar-refractivity contribution is 0.0524. The average Bonchev–Trinajstić information content (AvgIpc) is 2.05. The first-order valence-corrected chi connectivity index (χ1v) is 3.69. The fraction of sp³-hybridized carbons (Fsp3) is 0.375. The summed E-state index contributed by atoms with van der Waals surface area (Å²) in [5.74, 6) is -0.365. The predicted octanol–water partition coefficient (Wildman–Crippen LogP) is 0.962. The van der Waals surface area contributed by atoms with E-state index in [4.69, 9.17) is 4.74 Å². The highest BCUT2D eigenvalue weighted by Gasteiger charge is 2.09. The number of aromatic nitrogens is 2. The molecule has 4 nitrogen and oxygen atoms in total. The molecule has 0 atom stereocenters. The van der Waals surface area contributed by atoms with Crippen LogP contribution in [-0.2, 0) is 4.74 Å². The summed E-state index contributed by atoms with van der Waals surface area (Å²) in [6.45, 7) is 3.87. The zero-order valence-corrected chi connectivity index (χ0v) is 7.07. The van der Waals surface area contributed by atoms with Crippen molar-refractivity contribution in [2.45, 2.75) is 13.8 Å². The first-order chi connectivity index (χ1) is 5.75. The van der Waals surface area contributed by atoms with Gasteiger partial charge in [0.25, 0.3) is 0 Å². The standard InChI is InChI=1S/C8H10N2O2/c1-3-12-8(11)7-4-9-5-10-6(7)2/h4-5H,3H2,1-2H3. The number of esters is 1. The molecule has 0 saturated carbocycles. The van der Waals surface area contributed by atoms with E-state index >= 15 is 0 Å². The third-order valence-corrected chi connectivity index (χ3v) is 1.41. The van der Waals surface area contributed by atoms with Gasteiger partial charge in [0.2, 0.25) is 0 Å². The summed E-state index contributed by atoms with van der Waals surface area (Å²) >= 11 is 0. The van der Waals surface area contributed by atoms with Gasteiger partial charge < -0.3 is 4.74 Å². The lowest BCUT2D eigenvalue weighted by atomic mass is 10.2. The van der Waals surface area contributed by atoms with Crippen LogP contribution in [0.5, 0.6) is 0 Å². The van der Waals surface area contributed by atoms with Gasteiger partial charge in [-0.25, -0.2) is 14.8 Å². The van der Waals surface area contributed by atoms with Crippen molar-refractivity contribution in [1.29, 1.82) is 0 Å². The number of ether oxygens (including phenoxy) is 1. The molecule has 0 fully saturated rings. The zero-order valence-electron chi connectivity index (χ0n) is 7.07. The first-order valence-electron chi connectivity index (χ1n) is 3.69. The molecule has 12 heavy (non-hydrogen) atoms. The van der Waals surface area contributed by atoms with Crippen molar-refractivity contribution in [3.63, 3.8) is 0 Å². The molecule has 0 aliphatic carbocycles. The van der Waals surface area contributed by atoms with Gasteiger partial charge in [0, 0.05) is 6.20 Å². The minimum Gasteiger partial charge on any atom is -0.462 e. The van der Waals surface area contributed by atoms with Gasteiger partial charge in [0.1, 0.15) is 6.33 Å². The molecule has 1 heterocycles. The molecule has 0 bridgehead atoms. The Morgan fingerprint density at radius 2 is 2.42 bits per heavy atom. The normalized spacial score (nSPS) is 9.50. The van der Waals surface area contributed by atoms with Crippen molar-refractivity contribution in [3.05, 3.63) is 23.8 Å². The molecule has 0 radical (unpaired) electrons. The van der Waals surface area contributed by atoms with E-state index in [1.54, 1.807) is 13.8 Å². The van der Waals surface area contributed by atoms with Crippen LogP contribution in [0.15, 0.2) is 12.5 Å². The molecule has 0 unspecified atom stereocenters. The molecule has 1 aromatic rings. The summed E-state index contributed by atoms with van der Waals surface area (Å²) in [4.78, 5) is 18.8. The number of carbonyl (C=O) groups excluding carboxylic acids is 1. The molecule has 0 N–H and O–H groups in total. The molecular formula is C8H10N2O2. The smallest absolute Gasteiger partial charge is 0.341 e. The summed E-state index contributed by atoms with van der Waals surface area (Å²) in [6, 6.07) is 0. The van der Waals surface area contributed by atoms with E-state index in [2.05, 4.69) is 9.97 Å². The number of aryl methyl sites for hydroxylation is 1. The topological polar surface area (TPSA) is 52.1 Å². The molecule has 4 heteroatoms. The number of hydrogen-bond acceptors (Lipinski definition) is 4. The zero-order chi connectivity index (χ0) is 8.97. The molecule has 0 saturated heterocycles. The largest absolute Gasteiger partial charge is 0.462 e. The predicted molar refractivity (Wildman–Crippen MR) is 42.7 cm³/mol. The average molecular weight is 166 g/mol. The number of carbonyl (C=O) groups is 1. The Hall–Kier alpha value is -1.45. The minimum absolute atomic E-state index is 0.365. The molecule has 0 aliphatic heterocycles. The third-order valence-electron chi connectivity index (χ3n) is 1.41. The van der Waals surface area contributed by atoms with E-state index in [0.29, 0.717) is 17.9 Å². The summed E-state index contributed by atoms with van der Waals surface area (Å²) in [5, 5.41) is 0. The van der Waals surface area contributed by atoms with Gasteiger partial charge in [0.15, 0.2) is 0 Å². The number of nitrogens with zero attached hydrogens (tertiary/aromatic N) is 2. The third kappa shape index (κ3) is 1.78. The second-order valence-electron chi connectivity index (χ2n) is 2.24. The monoisotopic (exact) mass is 166 g/mol. The van der Waals surface area contributed by atoms with Gasteiger partial charge in [-0.3, -0.25) is 0 Å². The van der Waals surface area contributed by atoms with Crippen LogP contribution >= 0.6 is 0 Å². The highest BCUT2D eigenvalue weighted by atomic mass is 16.5. The van der Waals surface area contributed by atoms with Crippen LogP contribution in [0.2, 0.25) is 0 Å². The fourth-order valence-electron chi connectivity index (χ4n) is 0.800. The van der Waals surface area contributed by atoms with Crippen LogP contribution in [-0.4, -0.2) is 22.5 Å². The Kier molecular flexibility index (Phi) is 2.74. The first kappa shape index (κ1) is 8.64. The Balaban J connectivity index is 2.87. The maximum atomic E-state index is 11.2. The van der Waals surface area contributed by atoms with E-state index in [1.165, 1.54) is 12.5 Å². The summed E-state index contributed by atoms with van der Waals surface area (Å²) in [6.07, 6.45) is 2.86. The molecule has 64 valence electrons. The summed E-state index contributed by atoms with van der Waals surface area (Å²) in [7, 11) is 0. The van der Waals surface area contributed by atoms with E-state index in [1.807, 2.05) is 0 Å². The van der Waals surface area contributed by atoms with Crippen LogP contribution in [0.25, 0.3) is 0 Å². The molecule has 0 aliphatic rings. The SMILES string of the molecule is CCOC(=O)c1cncnc1C. The van der Waals surface area contributed by atoms with Gasteiger partial charge in [-0.2, -0.15) is 0 Å². The van der Waals surface area contributed by atoms with E-state index in [-0.39, 0.29) is 5.97 Å². The Labute approximate surface area is 70.6 Å². The van der Waals surface area contributed by atoms with E-state index in [0.717, 1.165) is 0 Å². The minimum atomic E-state index is -0.365. The molecule has 1 aromatic heterocycles. The van der Waals surface area contributed by atoms with E-state index in [9.17, 15) is 4.79 Å². The van der Waals surface area contributed by atoms with Gasteiger partial charge in [-0.1, -0.05) is 0 Å². The summed E-state index contributed by atoms with van der Waals surface area (Å²) < 4.78 is 4.79. The van der Waals surface area contributed by atoms with Crippen molar-refractivity contribution in [1.82, 2.24) is 9.97 Å². The molecule has 1 rings (SSSR count). The fourth-order valence-corrected chi connectivity index (χ4v) is 0.800. The Morgan fingerprint density at radius 1 is 1.67 bits per heavy atom. The highest BCUT2D eigenvalue weighted by molar-refractivity contribution is 5.90. The van der Waals surface area contributed by atoms with Gasteiger partial charge in [0.05, 0.1) is 17.9 Å². The molecule has 0 amide bonds. The van der Waals surface area contributed by atoms with Crippen molar-refractivity contribution in [2.24, 2.45) is 0 Å². The number of rotatable bonds is 2. The lowest BCUT2D eigenvalue weighted by Gasteiger charge is -2.02. The van der Waals surface area contributed by atoms with Crippen LogP contribution < -0.4 is 0 Å². The van der Waals surface area contributed by atoms with Crippen LogP contribution in [0, 0.1) is 6.92 Å². The second-order valence-corrected chi connectivity index (χ2v) is 2.24. The van der Waals surface area contributed by atoms with Crippen LogP contribution in [0.4, 0.5) is 0 Å². The maximum absolute atomic E-state index is 11.2. The van der Waals surface area contributed by atoms with E-state index < -0.39 is 0 Å². The molecular weight excluding hydrogens is 156 g/mol. The maximum Gasteiger partial charge on any atom is 0.341 e. The van der Waals surface area contributed by atoms with Crippen molar-refractivity contribution >= 4 is 5.97 Å². The van der Waals surface area contributed by atoms with Gasteiger partial charge in [-0.05, 0) is 13.8 Å². The Bertz CT molecular complexity index is 286. The van der Waals surface area contributed by atoms with Gasteiger partial charge >= 0.3 is 5.97 Å². The van der Waals surface area contributed by atoms with Crippen molar-refractivity contribution in [3.8, 4) is 0 Å². The molecule has 0 spiro atoms. The molecule has 0 aromatic carbocycles. The number of hydrogen-bond donors (Lipinski definition) is 0. The summed E-state index contributed by atoms with van der Waals surface area (Å²) in [5.41, 5.74) is 1.07. The lowest BCUT2D eigenvalue weighted by Crippen LogP contribution is -2.08. The highest BCUT2D eigenvalue weighted by Crippen LogP contribution is 2.03. The van der Waals surface area contributed by atoms with Crippen LogP contribution in [0.1, 0.15) is 23.0 Å². The van der Waals surface area contributed by atoms with Crippen molar-refractivity contribution < 1.29 is 9.53 Å².